The first-order chi connectivity index (χ1) is 6.86. The van der Waals surface area contributed by atoms with Crippen LogP contribution in [0.5, 0.6) is 0 Å². The molecule has 3 rings (SSSR count). The SMILES string of the molecule is O=c1[nH]cnc2sc3cnccc3c12. The highest BCUT2D eigenvalue weighted by atomic mass is 32.1. The molecule has 0 atom stereocenters. The number of aromatic nitrogens is 3. The zero-order valence-corrected chi connectivity index (χ0v) is 7.84. The zero-order valence-electron chi connectivity index (χ0n) is 7.02. The summed E-state index contributed by atoms with van der Waals surface area (Å²) >= 11 is 1.48. The highest BCUT2D eigenvalue weighted by Crippen LogP contribution is 2.28. The molecule has 0 spiro atoms. The van der Waals surface area contributed by atoms with Crippen LogP contribution in [0.2, 0.25) is 0 Å². The van der Waals surface area contributed by atoms with Crippen LogP contribution in [-0.2, 0) is 0 Å². The Morgan fingerprint density at radius 3 is 3.29 bits per heavy atom. The number of rotatable bonds is 0. The summed E-state index contributed by atoms with van der Waals surface area (Å²) < 4.78 is 0.992. The molecule has 0 aliphatic rings. The van der Waals surface area contributed by atoms with Crippen LogP contribution in [0.25, 0.3) is 20.3 Å². The number of thiophene rings is 1. The van der Waals surface area contributed by atoms with Crippen molar-refractivity contribution in [2.45, 2.75) is 0 Å². The van der Waals surface area contributed by atoms with E-state index in [0.717, 1.165) is 14.9 Å². The van der Waals surface area contributed by atoms with Gasteiger partial charge in [-0.05, 0) is 6.07 Å². The number of hydrogen-bond donors (Lipinski definition) is 1. The quantitative estimate of drug-likeness (QED) is 0.602. The van der Waals surface area contributed by atoms with Crippen LogP contribution in [0.15, 0.2) is 29.6 Å². The molecule has 0 aliphatic carbocycles. The number of fused-ring (bicyclic) bond motifs is 3. The summed E-state index contributed by atoms with van der Waals surface area (Å²) in [6.07, 6.45) is 4.86. The fourth-order valence-corrected chi connectivity index (χ4v) is 2.48. The van der Waals surface area contributed by atoms with E-state index < -0.39 is 0 Å². The number of nitrogens with one attached hydrogen (secondary N) is 1. The van der Waals surface area contributed by atoms with Crippen LogP contribution in [-0.4, -0.2) is 15.0 Å². The third kappa shape index (κ3) is 0.898. The van der Waals surface area contributed by atoms with E-state index in [-0.39, 0.29) is 5.56 Å². The van der Waals surface area contributed by atoms with Gasteiger partial charge in [0.25, 0.3) is 5.56 Å². The summed E-state index contributed by atoms with van der Waals surface area (Å²) in [5, 5.41) is 1.59. The molecular formula is C9H5N3OS. The Kier molecular flexibility index (Phi) is 1.43. The molecule has 3 aromatic rings. The van der Waals surface area contributed by atoms with Crippen molar-refractivity contribution in [1.82, 2.24) is 15.0 Å². The molecule has 0 saturated carbocycles. The van der Waals surface area contributed by atoms with Crippen LogP contribution in [0.1, 0.15) is 0 Å². The predicted molar refractivity (Wildman–Crippen MR) is 55.5 cm³/mol. The molecule has 0 saturated heterocycles. The average Bonchev–Trinajstić information content (AvgIpc) is 2.57. The molecule has 0 amide bonds. The Morgan fingerprint density at radius 1 is 1.43 bits per heavy atom. The third-order valence-corrected chi connectivity index (χ3v) is 3.13. The molecule has 5 heteroatoms. The van der Waals surface area contributed by atoms with Crippen molar-refractivity contribution >= 4 is 31.6 Å². The van der Waals surface area contributed by atoms with Crippen molar-refractivity contribution in [2.75, 3.05) is 0 Å². The van der Waals surface area contributed by atoms with E-state index in [4.69, 9.17) is 0 Å². The minimum absolute atomic E-state index is 0.0903. The largest absolute Gasteiger partial charge is 0.313 e. The van der Waals surface area contributed by atoms with E-state index in [1.807, 2.05) is 6.07 Å². The van der Waals surface area contributed by atoms with E-state index in [2.05, 4.69) is 15.0 Å². The van der Waals surface area contributed by atoms with Crippen molar-refractivity contribution < 1.29 is 0 Å². The third-order valence-electron chi connectivity index (χ3n) is 2.08. The second-order valence-electron chi connectivity index (χ2n) is 2.89. The molecule has 0 bridgehead atoms. The first kappa shape index (κ1) is 7.64. The van der Waals surface area contributed by atoms with E-state index in [1.54, 1.807) is 12.4 Å². The highest BCUT2D eigenvalue weighted by molar-refractivity contribution is 7.25. The Hall–Kier alpha value is -1.75. The molecule has 0 fully saturated rings. The maximum absolute atomic E-state index is 11.5. The second-order valence-corrected chi connectivity index (χ2v) is 3.92. The Morgan fingerprint density at radius 2 is 2.36 bits per heavy atom. The van der Waals surface area contributed by atoms with Crippen molar-refractivity contribution in [3.05, 3.63) is 35.1 Å². The van der Waals surface area contributed by atoms with E-state index in [0.29, 0.717) is 5.39 Å². The molecule has 68 valence electrons. The number of aromatic amines is 1. The summed E-state index contributed by atoms with van der Waals surface area (Å²) in [5.41, 5.74) is -0.0903. The molecule has 3 aromatic heterocycles. The van der Waals surface area contributed by atoms with Crippen molar-refractivity contribution in [2.24, 2.45) is 0 Å². The van der Waals surface area contributed by atoms with E-state index in [1.165, 1.54) is 17.7 Å². The molecule has 0 unspecified atom stereocenters. The summed E-state index contributed by atoms with van der Waals surface area (Å²) in [7, 11) is 0. The Bertz CT molecular complexity index is 670. The van der Waals surface area contributed by atoms with E-state index >= 15 is 0 Å². The van der Waals surface area contributed by atoms with Gasteiger partial charge in [-0.1, -0.05) is 0 Å². The number of pyridine rings is 1. The lowest BCUT2D eigenvalue weighted by molar-refractivity contribution is 1.18. The van der Waals surface area contributed by atoms with Gasteiger partial charge in [0.1, 0.15) is 4.83 Å². The maximum atomic E-state index is 11.5. The minimum atomic E-state index is -0.0903. The summed E-state index contributed by atoms with van der Waals surface area (Å²) in [5.74, 6) is 0. The van der Waals surface area contributed by atoms with Gasteiger partial charge in [0, 0.05) is 17.8 Å². The number of nitrogens with zero attached hydrogens (tertiary/aromatic N) is 2. The zero-order chi connectivity index (χ0) is 9.54. The molecule has 4 nitrogen and oxygen atoms in total. The van der Waals surface area contributed by atoms with E-state index in [9.17, 15) is 4.79 Å². The lowest BCUT2D eigenvalue weighted by atomic mass is 10.2. The molecule has 0 aromatic carbocycles. The first-order valence-corrected chi connectivity index (χ1v) is 4.88. The predicted octanol–water partition coefficient (Wildman–Crippen LogP) is 1.53. The van der Waals surface area contributed by atoms with Gasteiger partial charge in [-0.15, -0.1) is 11.3 Å². The van der Waals surface area contributed by atoms with Gasteiger partial charge in [0.15, 0.2) is 0 Å². The van der Waals surface area contributed by atoms with Gasteiger partial charge < -0.3 is 4.98 Å². The second kappa shape index (κ2) is 2.62. The summed E-state index contributed by atoms with van der Waals surface area (Å²) in [4.78, 5) is 23.0. The fraction of sp³-hybridized carbons (Fsp3) is 0. The lowest BCUT2D eigenvalue weighted by Crippen LogP contribution is -2.04. The number of hydrogen-bond acceptors (Lipinski definition) is 4. The van der Waals surface area contributed by atoms with Crippen LogP contribution >= 0.6 is 11.3 Å². The smallest absolute Gasteiger partial charge is 0.260 e. The molecule has 1 N–H and O–H groups in total. The molecular weight excluding hydrogens is 198 g/mol. The van der Waals surface area contributed by atoms with Crippen molar-refractivity contribution in [3.63, 3.8) is 0 Å². The fourth-order valence-electron chi connectivity index (χ4n) is 1.47. The minimum Gasteiger partial charge on any atom is -0.313 e. The van der Waals surface area contributed by atoms with Gasteiger partial charge in [-0.3, -0.25) is 9.78 Å². The topological polar surface area (TPSA) is 58.6 Å². The van der Waals surface area contributed by atoms with Crippen molar-refractivity contribution in [3.8, 4) is 0 Å². The average molecular weight is 203 g/mol. The Balaban J connectivity index is 2.73. The molecule has 0 radical (unpaired) electrons. The molecule has 3 heterocycles. The van der Waals surface area contributed by atoms with Crippen LogP contribution in [0.3, 0.4) is 0 Å². The summed E-state index contributed by atoms with van der Waals surface area (Å²) in [6, 6.07) is 1.84. The highest BCUT2D eigenvalue weighted by Gasteiger charge is 2.07. The van der Waals surface area contributed by atoms with Gasteiger partial charge in [-0.25, -0.2) is 4.98 Å². The van der Waals surface area contributed by atoms with Crippen molar-refractivity contribution in [1.29, 1.82) is 0 Å². The van der Waals surface area contributed by atoms with Crippen LogP contribution in [0.4, 0.5) is 0 Å². The Labute approximate surface area is 82.3 Å². The lowest BCUT2D eigenvalue weighted by Gasteiger charge is -1.87. The monoisotopic (exact) mass is 203 g/mol. The molecule has 0 aliphatic heterocycles. The number of H-pyrrole nitrogens is 1. The normalized spacial score (nSPS) is 11.1. The van der Waals surface area contributed by atoms with Gasteiger partial charge in [0.2, 0.25) is 0 Å². The maximum Gasteiger partial charge on any atom is 0.260 e. The standard InChI is InChI=1S/C9H5N3OS/c13-8-7-5-1-2-10-3-6(5)14-9(7)12-4-11-8/h1-4H,(H,11,12,13). The van der Waals surface area contributed by atoms with Gasteiger partial charge in [0.05, 0.1) is 16.4 Å². The van der Waals surface area contributed by atoms with Gasteiger partial charge in [-0.2, -0.15) is 0 Å². The molecule has 14 heavy (non-hydrogen) atoms. The van der Waals surface area contributed by atoms with Gasteiger partial charge >= 0.3 is 0 Å². The van der Waals surface area contributed by atoms with Crippen LogP contribution in [0, 0.1) is 0 Å². The van der Waals surface area contributed by atoms with Crippen LogP contribution < -0.4 is 5.56 Å². The first-order valence-electron chi connectivity index (χ1n) is 4.06. The summed E-state index contributed by atoms with van der Waals surface area (Å²) in [6.45, 7) is 0.